The van der Waals surface area contributed by atoms with Gasteiger partial charge in [0.25, 0.3) is 11.7 Å². The van der Waals surface area contributed by atoms with E-state index >= 15 is 0 Å². The Morgan fingerprint density at radius 1 is 1.00 bits per heavy atom. The first-order valence-corrected chi connectivity index (χ1v) is 7.14. The summed E-state index contributed by atoms with van der Waals surface area (Å²) in [6.07, 6.45) is 0. The molecule has 0 aliphatic carbocycles. The minimum absolute atomic E-state index is 0.0672. The largest absolute Gasteiger partial charge is 0.485 e. The Kier molecular flexibility index (Phi) is 4.97. The summed E-state index contributed by atoms with van der Waals surface area (Å²) in [6.45, 7) is 3.74. The second-order valence-electron chi connectivity index (χ2n) is 5.32. The second kappa shape index (κ2) is 6.95. The van der Waals surface area contributed by atoms with Crippen LogP contribution in [0.4, 0.5) is 17.1 Å². The molecule has 0 bridgehead atoms. The number of ether oxygens (including phenoxy) is 1. The number of amides is 1. The van der Waals surface area contributed by atoms with Gasteiger partial charge < -0.3 is 10.1 Å². The van der Waals surface area contributed by atoms with Gasteiger partial charge in [-0.2, -0.15) is 0 Å². The number of aryl methyl sites for hydroxylation is 2. The van der Waals surface area contributed by atoms with Crippen molar-refractivity contribution < 1.29 is 19.4 Å². The van der Waals surface area contributed by atoms with Crippen LogP contribution in [0.2, 0.25) is 0 Å². The monoisotopic (exact) mass is 345 g/mol. The number of hydrogen-bond donors (Lipinski definition) is 1. The molecule has 130 valence electrons. The lowest BCUT2D eigenvalue weighted by Crippen LogP contribution is -2.13. The highest BCUT2D eigenvalue weighted by molar-refractivity contribution is 6.04. The van der Waals surface area contributed by atoms with Crippen LogP contribution in [-0.2, 0) is 0 Å². The third kappa shape index (κ3) is 3.71. The average Bonchev–Trinajstić information content (AvgIpc) is 2.56. The number of carbonyl (C=O) groups excluding carboxylic acids is 1. The number of nitrogens with zero attached hydrogens (tertiary/aromatic N) is 2. The Morgan fingerprint density at radius 3 is 2.00 bits per heavy atom. The van der Waals surface area contributed by atoms with Crippen molar-refractivity contribution in [2.45, 2.75) is 13.8 Å². The maximum Gasteiger partial charge on any atom is 0.320 e. The van der Waals surface area contributed by atoms with Crippen molar-refractivity contribution in [3.05, 3.63) is 67.3 Å². The number of nitro benzene ring substituents is 2. The first kappa shape index (κ1) is 17.9. The van der Waals surface area contributed by atoms with Crippen LogP contribution in [0.15, 0.2) is 30.3 Å². The summed E-state index contributed by atoms with van der Waals surface area (Å²) in [5.41, 5.74) is 0.970. The third-order valence-electron chi connectivity index (χ3n) is 3.67. The number of rotatable bonds is 5. The molecular formula is C16H15N3O6. The van der Waals surface area contributed by atoms with Crippen LogP contribution in [0, 0.1) is 34.1 Å². The van der Waals surface area contributed by atoms with Gasteiger partial charge in [0, 0.05) is 17.7 Å². The summed E-state index contributed by atoms with van der Waals surface area (Å²) in [7, 11) is 1.10. The van der Waals surface area contributed by atoms with E-state index in [0.717, 1.165) is 30.4 Å². The van der Waals surface area contributed by atoms with Crippen LogP contribution in [0.1, 0.15) is 21.5 Å². The molecule has 9 heteroatoms. The number of benzene rings is 2. The minimum atomic E-state index is -0.808. The van der Waals surface area contributed by atoms with Crippen molar-refractivity contribution in [1.29, 1.82) is 0 Å². The molecule has 0 aromatic heterocycles. The normalized spacial score (nSPS) is 10.2. The lowest BCUT2D eigenvalue weighted by atomic mass is 10.1. The van der Waals surface area contributed by atoms with E-state index in [4.69, 9.17) is 4.74 Å². The van der Waals surface area contributed by atoms with E-state index in [9.17, 15) is 25.0 Å². The third-order valence-corrected chi connectivity index (χ3v) is 3.67. The predicted octanol–water partition coefficient (Wildman–Crippen LogP) is 3.38. The molecule has 9 nitrogen and oxygen atoms in total. The number of nitrogens with one attached hydrogen (secondary N) is 1. The second-order valence-corrected chi connectivity index (χ2v) is 5.32. The van der Waals surface area contributed by atoms with Gasteiger partial charge in [-0.1, -0.05) is 6.07 Å². The highest BCUT2D eigenvalue weighted by Crippen LogP contribution is 2.39. The van der Waals surface area contributed by atoms with Crippen LogP contribution in [0.5, 0.6) is 5.75 Å². The zero-order chi connectivity index (χ0) is 18.7. The van der Waals surface area contributed by atoms with Crippen LogP contribution in [-0.4, -0.2) is 22.9 Å². The molecule has 0 aliphatic heterocycles. The summed E-state index contributed by atoms with van der Waals surface area (Å²) < 4.78 is 4.78. The Morgan fingerprint density at radius 2 is 1.56 bits per heavy atom. The fourth-order valence-electron chi connectivity index (χ4n) is 2.24. The van der Waals surface area contributed by atoms with Crippen molar-refractivity contribution in [3.63, 3.8) is 0 Å². The molecule has 25 heavy (non-hydrogen) atoms. The lowest BCUT2D eigenvalue weighted by Gasteiger charge is -2.09. The van der Waals surface area contributed by atoms with E-state index in [1.165, 1.54) is 0 Å². The molecule has 0 radical (unpaired) electrons. The standard InChI is InChI=1S/C16H15N3O6/c1-9-4-5-11(6-10(9)2)16(20)17-12-7-13(18(21)22)15(25-3)14(8-12)19(23)24/h4-8H,1-3H3,(H,17,20). The van der Waals surface area contributed by atoms with Crippen LogP contribution >= 0.6 is 0 Å². The zero-order valence-corrected chi connectivity index (χ0v) is 13.7. The molecule has 0 saturated heterocycles. The van der Waals surface area contributed by atoms with Crippen molar-refractivity contribution in [2.24, 2.45) is 0 Å². The van der Waals surface area contributed by atoms with Gasteiger partial charge in [0.05, 0.1) is 22.6 Å². The zero-order valence-electron chi connectivity index (χ0n) is 13.7. The van der Waals surface area contributed by atoms with Gasteiger partial charge >= 0.3 is 11.4 Å². The quantitative estimate of drug-likeness (QED) is 0.654. The molecule has 0 unspecified atom stereocenters. The highest BCUT2D eigenvalue weighted by atomic mass is 16.6. The van der Waals surface area contributed by atoms with Gasteiger partial charge in [-0.15, -0.1) is 0 Å². The molecule has 2 rings (SSSR count). The maximum absolute atomic E-state index is 12.3. The summed E-state index contributed by atoms with van der Waals surface area (Å²) in [6, 6.07) is 7.07. The van der Waals surface area contributed by atoms with Gasteiger partial charge in [0.2, 0.25) is 0 Å². The summed E-state index contributed by atoms with van der Waals surface area (Å²) >= 11 is 0. The van der Waals surface area contributed by atoms with Gasteiger partial charge in [0.15, 0.2) is 0 Å². The number of carbonyl (C=O) groups is 1. The lowest BCUT2D eigenvalue weighted by molar-refractivity contribution is -0.395. The number of hydrogen-bond acceptors (Lipinski definition) is 6. The summed E-state index contributed by atoms with van der Waals surface area (Å²) in [5, 5.41) is 24.7. The number of nitro groups is 2. The van der Waals surface area contributed by atoms with Crippen molar-refractivity contribution >= 4 is 23.0 Å². The Hall–Kier alpha value is -3.49. The fraction of sp³-hybridized carbons (Fsp3) is 0.188. The molecule has 1 N–H and O–H groups in total. The molecule has 1 amide bonds. The van der Waals surface area contributed by atoms with E-state index in [0.29, 0.717) is 5.56 Å². The van der Waals surface area contributed by atoms with Gasteiger partial charge in [-0.05, 0) is 37.1 Å². The molecular weight excluding hydrogens is 330 g/mol. The Balaban J connectivity index is 2.45. The van der Waals surface area contributed by atoms with Crippen molar-refractivity contribution in [3.8, 4) is 5.75 Å². The minimum Gasteiger partial charge on any atom is -0.485 e. The molecule has 0 spiro atoms. The smallest absolute Gasteiger partial charge is 0.320 e. The van der Waals surface area contributed by atoms with Gasteiger partial charge in [-0.25, -0.2) is 0 Å². The topological polar surface area (TPSA) is 125 Å². The molecule has 0 fully saturated rings. The van der Waals surface area contributed by atoms with Crippen LogP contribution in [0.3, 0.4) is 0 Å². The Labute approximate surface area is 142 Å². The molecule has 0 atom stereocenters. The molecule has 2 aromatic rings. The van der Waals surface area contributed by atoms with E-state index in [1.807, 2.05) is 13.8 Å². The van der Waals surface area contributed by atoms with Gasteiger partial charge in [-0.3, -0.25) is 25.0 Å². The van der Waals surface area contributed by atoms with Crippen LogP contribution in [0.25, 0.3) is 0 Å². The maximum atomic E-state index is 12.3. The first-order valence-electron chi connectivity index (χ1n) is 7.14. The van der Waals surface area contributed by atoms with E-state index in [-0.39, 0.29) is 5.69 Å². The molecule has 0 saturated carbocycles. The molecule has 2 aromatic carbocycles. The van der Waals surface area contributed by atoms with Crippen molar-refractivity contribution in [1.82, 2.24) is 0 Å². The van der Waals surface area contributed by atoms with E-state index < -0.39 is 32.9 Å². The highest BCUT2D eigenvalue weighted by Gasteiger charge is 2.28. The van der Waals surface area contributed by atoms with E-state index in [2.05, 4.69) is 5.32 Å². The first-order chi connectivity index (χ1) is 11.7. The number of methoxy groups -OCH3 is 1. The van der Waals surface area contributed by atoms with Crippen molar-refractivity contribution in [2.75, 3.05) is 12.4 Å². The fourth-order valence-corrected chi connectivity index (χ4v) is 2.24. The van der Waals surface area contributed by atoms with Crippen LogP contribution < -0.4 is 10.1 Å². The van der Waals surface area contributed by atoms with E-state index in [1.54, 1.807) is 18.2 Å². The summed E-state index contributed by atoms with van der Waals surface area (Å²) in [5.74, 6) is -1.00. The molecule has 0 heterocycles. The average molecular weight is 345 g/mol. The molecule has 0 aliphatic rings. The predicted molar refractivity (Wildman–Crippen MR) is 90.2 cm³/mol. The Bertz CT molecular complexity index is 843. The SMILES string of the molecule is COc1c([N+](=O)[O-])cc(NC(=O)c2ccc(C)c(C)c2)cc1[N+](=O)[O-]. The number of anilines is 1. The summed E-state index contributed by atoms with van der Waals surface area (Å²) in [4.78, 5) is 33.0. The van der Waals surface area contributed by atoms with Gasteiger partial charge in [0.1, 0.15) is 0 Å².